The van der Waals surface area contributed by atoms with E-state index in [1.807, 2.05) is 161 Å². The number of aromatic nitrogens is 12. The lowest BCUT2D eigenvalue weighted by Gasteiger charge is -2.27. The van der Waals surface area contributed by atoms with Gasteiger partial charge in [-0.05, 0) is 200 Å². The summed E-state index contributed by atoms with van der Waals surface area (Å²) in [5, 5.41) is 108. The summed E-state index contributed by atoms with van der Waals surface area (Å²) in [6, 6.07) is 53.6. The van der Waals surface area contributed by atoms with E-state index in [2.05, 4.69) is 168 Å². The second-order valence-corrected chi connectivity index (χ2v) is 39.8. The molecule has 0 radical (unpaired) electrons. The summed E-state index contributed by atoms with van der Waals surface area (Å²) in [5.41, 5.74) is 11.1. The van der Waals surface area contributed by atoms with Crippen LogP contribution >= 0.6 is 91.6 Å². The van der Waals surface area contributed by atoms with Crippen LogP contribution in [0.2, 0.25) is 0 Å². The summed E-state index contributed by atoms with van der Waals surface area (Å²) in [4.78, 5) is 0. The SMILES string of the molecule is CC(CCl)COc1ccc(C(C)(C)c2ccc(OCC(O)Cn3cc(CO)nn3)cc2)cc1F.CC(CCl)COc1ccc(C(C)(C)c2ccc(OCC(O)Cn3nnc(CO)c3I)cc2)cc1F.Cc1cc(C(C)(C)c2ccc(OCC(O)Cn3cc(CO)nn3)cc2)ccc1OCC(C)CCl.Cc1cc(C(C)(C)c2ccc(OCC(O)Cn3nnc(CO)c3I)cc2)ccc1OCC(C)CCl. The number of hydrogen-bond acceptors (Lipinski definition) is 24. The molecule has 0 saturated carbocycles. The van der Waals surface area contributed by atoms with Gasteiger partial charge in [0.05, 0.1) is 91.4 Å². The zero-order valence-corrected chi connectivity index (χ0v) is 87.7. The Morgan fingerprint density at radius 1 is 0.319 bits per heavy atom. The minimum atomic E-state index is -0.802. The molecule has 0 aliphatic heterocycles. The minimum absolute atomic E-state index is 0.0716. The lowest BCUT2D eigenvalue weighted by Crippen LogP contribution is -2.25. The molecule has 36 heteroatoms. The lowest BCUT2D eigenvalue weighted by molar-refractivity contribution is 0.0880. The van der Waals surface area contributed by atoms with E-state index in [4.69, 9.17) is 94.5 Å². The van der Waals surface area contributed by atoms with Crippen LogP contribution < -0.4 is 37.9 Å². The smallest absolute Gasteiger partial charge is 0.165 e. The summed E-state index contributed by atoms with van der Waals surface area (Å²) in [6.45, 7) is 31.5. The van der Waals surface area contributed by atoms with E-state index in [1.54, 1.807) is 29.2 Å². The minimum Gasteiger partial charge on any atom is -0.493 e. The Morgan fingerprint density at radius 3 is 0.797 bits per heavy atom. The molecule has 0 bridgehead atoms. The Morgan fingerprint density at radius 2 is 0.565 bits per heavy atom. The number of aliphatic hydroxyl groups is 8. The number of nitrogens with zero attached hydrogens (tertiary/aromatic N) is 12. The average Bonchev–Trinajstić information content (AvgIpc) is 0.951. The normalized spacial score (nSPS) is 13.5. The molecule has 138 heavy (non-hydrogen) atoms. The van der Waals surface area contributed by atoms with Crippen LogP contribution in [0.1, 0.15) is 161 Å². The Balaban J connectivity index is 0.000000206. The first kappa shape index (κ1) is 112. The molecular weight excluding hydrogens is 2080 g/mol. The van der Waals surface area contributed by atoms with Crippen LogP contribution in [0.5, 0.6) is 46.0 Å². The summed E-state index contributed by atoms with van der Waals surface area (Å²) >= 11 is 27.4. The number of rotatable bonds is 48. The molecular formula is C102H128Cl4F2I2N12O16. The van der Waals surface area contributed by atoms with Gasteiger partial charge in [0, 0.05) is 68.9 Å². The van der Waals surface area contributed by atoms with E-state index >= 15 is 0 Å². The Labute approximate surface area is 853 Å². The Kier molecular flexibility index (Phi) is 44.2. The number of halogens is 8. The van der Waals surface area contributed by atoms with E-state index in [0.29, 0.717) is 115 Å². The maximum Gasteiger partial charge on any atom is 0.165 e. The topological polar surface area (TPSA) is 359 Å². The number of alkyl halides is 4. The van der Waals surface area contributed by atoms with Gasteiger partial charge in [0.1, 0.15) is 116 Å². The van der Waals surface area contributed by atoms with Gasteiger partial charge in [-0.3, -0.25) is 0 Å². The Bertz CT molecular complexity index is 5360. The molecule has 12 rings (SSSR count). The number of benzene rings is 8. The second-order valence-electron chi connectivity index (χ2n) is 36.5. The van der Waals surface area contributed by atoms with Gasteiger partial charge in [-0.15, -0.1) is 66.8 Å². The van der Waals surface area contributed by atoms with Gasteiger partial charge in [0.25, 0.3) is 0 Å². The molecule has 4 aromatic heterocycles. The zero-order chi connectivity index (χ0) is 101. The highest BCUT2D eigenvalue weighted by Crippen LogP contribution is 2.40. The van der Waals surface area contributed by atoms with E-state index in [1.165, 1.54) is 37.3 Å². The molecule has 748 valence electrons. The van der Waals surface area contributed by atoms with Crippen molar-refractivity contribution < 1.29 is 87.5 Å². The van der Waals surface area contributed by atoms with Crippen LogP contribution in [-0.4, -0.2) is 202 Å². The van der Waals surface area contributed by atoms with Crippen molar-refractivity contribution in [2.75, 3.05) is 76.4 Å². The van der Waals surface area contributed by atoms with Crippen molar-refractivity contribution in [3.8, 4) is 46.0 Å². The molecule has 0 aliphatic carbocycles. The highest BCUT2D eigenvalue weighted by Gasteiger charge is 2.31. The van der Waals surface area contributed by atoms with Crippen LogP contribution in [0.4, 0.5) is 8.78 Å². The van der Waals surface area contributed by atoms with Gasteiger partial charge in [-0.25, -0.2) is 27.5 Å². The maximum absolute atomic E-state index is 14.7. The fourth-order valence-electron chi connectivity index (χ4n) is 14.0. The largest absolute Gasteiger partial charge is 0.493 e. The second kappa shape index (κ2) is 54.2. The quantitative estimate of drug-likeness (QED) is 0.0130. The molecule has 8 aromatic carbocycles. The first-order valence-corrected chi connectivity index (χ1v) is 49.7. The van der Waals surface area contributed by atoms with E-state index in [-0.39, 0.29) is 113 Å². The van der Waals surface area contributed by atoms with Gasteiger partial charge in [-0.2, -0.15) is 0 Å². The van der Waals surface area contributed by atoms with Crippen molar-refractivity contribution in [2.45, 2.75) is 196 Å². The molecule has 4 heterocycles. The van der Waals surface area contributed by atoms with E-state index in [9.17, 15) is 39.4 Å². The van der Waals surface area contributed by atoms with Crippen LogP contribution in [0, 0.1) is 56.6 Å². The third-order valence-electron chi connectivity index (χ3n) is 23.2. The van der Waals surface area contributed by atoms with Crippen molar-refractivity contribution in [2.24, 2.45) is 23.7 Å². The number of ether oxygens (including phenoxy) is 8. The lowest BCUT2D eigenvalue weighted by atomic mass is 9.77. The third-order valence-corrected chi connectivity index (χ3v) is 27.6. The van der Waals surface area contributed by atoms with Gasteiger partial charge < -0.3 is 78.7 Å². The van der Waals surface area contributed by atoms with E-state index < -0.39 is 46.9 Å². The molecule has 8 unspecified atom stereocenters. The predicted octanol–water partition coefficient (Wildman–Crippen LogP) is 17.3. The third kappa shape index (κ3) is 33.0. The number of hydrogen-bond donors (Lipinski definition) is 8. The summed E-state index contributed by atoms with van der Waals surface area (Å²) in [5.74, 6) is 6.95. The van der Waals surface area contributed by atoms with Crippen molar-refractivity contribution in [1.29, 1.82) is 0 Å². The van der Waals surface area contributed by atoms with Crippen molar-refractivity contribution >= 4 is 91.6 Å². The zero-order valence-electron chi connectivity index (χ0n) is 80.3. The van der Waals surface area contributed by atoms with E-state index in [0.717, 1.165) is 56.0 Å². The molecule has 8 atom stereocenters. The summed E-state index contributed by atoms with van der Waals surface area (Å²) in [6.07, 6.45) is 0.0667. The predicted molar refractivity (Wildman–Crippen MR) is 546 cm³/mol. The van der Waals surface area contributed by atoms with Crippen molar-refractivity contribution in [3.05, 3.63) is 280 Å². The van der Waals surface area contributed by atoms with Crippen LogP contribution in [0.25, 0.3) is 0 Å². The van der Waals surface area contributed by atoms with Crippen LogP contribution in [0.15, 0.2) is 182 Å². The van der Waals surface area contributed by atoms with Gasteiger partial charge in [0.15, 0.2) is 23.1 Å². The fourth-order valence-corrected chi connectivity index (χ4v) is 15.5. The molecule has 0 fully saturated rings. The van der Waals surface area contributed by atoms with Crippen LogP contribution in [0.3, 0.4) is 0 Å². The molecule has 0 saturated heterocycles. The summed E-state index contributed by atoms with van der Waals surface area (Å²) in [7, 11) is 0. The molecule has 0 aliphatic rings. The number of aliphatic hydroxyl groups excluding tert-OH is 8. The molecule has 8 N–H and O–H groups in total. The monoisotopic (exact) mass is 2210 g/mol. The van der Waals surface area contributed by atoms with Crippen molar-refractivity contribution in [3.63, 3.8) is 0 Å². The van der Waals surface area contributed by atoms with Gasteiger partial charge in [0.2, 0.25) is 0 Å². The number of aryl methyl sites for hydroxylation is 2. The van der Waals surface area contributed by atoms with Crippen LogP contribution in [-0.2, 0) is 74.3 Å². The highest BCUT2D eigenvalue weighted by molar-refractivity contribution is 14.1. The molecule has 0 spiro atoms. The first-order valence-electron chi connectivity index (χ1n) is 45.4. The van der Waals surface area contributed by atoms with Crippen molar-refractivity contribution in [1.82, 2.24) is 60.0 Å². The van der Waals surface area contributed by atoms with Gasteiger partial charge in [-0.1, -0.05) is 189 Å². The highest BCUT2D eigenvalue weighted by atomic mass is 127. The van der Waals surface area contributed by atoms with Gasteiger partial charge >= 0.3 is 0 Å². The average molecular weight is 2210 g/mol. The molecule has 0 amide bonds. The molecule has 28 nitrogen and oxygen atoms in total. The summed E-state index contributed by atoms with van der Waals surface area (Å²) < 4.78 is 82.7. The Hall–Kier alpha value is -9.12. The fraction of sp³-hybridized carbons (Fsp3) is 0.451. The molecule has 12 aromatic rings. The first-order chi connectivity index (χ1) is 65.7. The standard InChI is InChI=1S/C26H33ClIN3O4.C26H34ClN3O4.C25H30ClFIN3O4.C25H31ClFN3O4/c1-17(12-27)15-35-24-10-7-20(11-18(24)2)26(3,4)19-5-8-22(9-6-19)34-16-21(33)13-31-25(28)23(14-32)29-30-31;1-18(12-27)16-34-25-10-7-21(11-19(25)2)26(3,4)20-5-8-24(9-6-20)33-17-23(32)14-30-13-22(15-31)28-29-30;1-16(11-26)14-35-23-9-6-18(10-21(23)27)25(2,3)17-4-7-20(8-5-17)34-15-19(33)12-31-24(28)22(13-32)29-30-31;1-17(11-26)15-34-24-9-6-19(10-23(24)27)25(2,3)18-4-7-22(8-5-18)33-16-21(32)13-30-12-20(14-31)28-29-30/h5-11,17,21,32-33H,12-16H2,1-4H3;5-11,13,18,23,31-32H,12,14-17H2,1-4H3;4-10,16,19,32-33H,11-15H2,1-3H3;4-10,12,17,21,31-32H,11,13-16H2,1-3H3. The maximum atomic E-state index is 14.7.